The molecule has 1 unspecified atom stereocenters. The van der Waals surface area contributed by atoms with Crippen LogP contribution in [0.25, 0.3) is 0 Å². The van der Waals surface area contributed by atoms with Crippen LogP contribution in [0.15, 0.2) is 42.7 Å². The van der Waals surface area contributed by atoms with Crippen molar-refractivity contribution in [1.82, 2.24) is 19.8 Å². The summed E-state index contributed by atoms with van der Waals surface area (Å²) in [6, 6.07) is 10.8. The van der Waals surface area contributed by atoms with Crippen molar-refractivity contribution < 1.29 is 4.79 Å². The highest BCUT2D eigenvalue weighted by molar-refractivity contribution is 5.79. The number of rotatable bonds is 3. The Labute approximate surface area is 155 Å². The molecule has 1 atom stereocenters. The fraction of sp³-hybridized carbons (Fsp3) is 0.524. The Morgan fingerprint density at radius 3 is 2.62 bits per heavy atom. The number of amides is 1. The molecule has 1 saturated carbocycles. The summed E-state index contributed by atoms with van der Waals surface area (Å²) in [5.74, 6) is 2.07. The molecule has 1 aliphatic carbocycles. The van der Waals surface area contributed by atoms with Crippen LogP contribution in [0.4, 0.5) is 0 Å². The molecule has 1 aromatic heterocycles. The Morgan fingerprint density at radius 2 is 1.92 bits per heavy atom. The first kappa shape index (κ1) is 17.3. The van der Waals surface area contributed by atoms with Crippen molar-refractivity contribution in [2.45, 2.75) is 37.6 Å². The standard InChI is InChI=1S/C21H28N4O/c1-24-13-12-23-20(24)19-15-22-11-14-25(19)21(26)18-9-7-17(8-10-18)16-5-3-2-4-6-16/h2-6,12-13,17-19,22H,7-11,14-15H2,1H3. The van der Waals surface area contributed by atoms with E-state index in [4.69, 9.17) is 0 Å². The van der Waals surface area contributed by atoms with Gasteiger partial charge in [0.25, 0.3) is 0 Å². The molecular weight excluding hydrogens is 324 g/mol. The number of aryl methyl sites for hydroxylation is 1. The molecule has 26 heavy (non-hydrogen) atoms. The summed E-state index contributed by atoms with van der Waals surface area (Å²) < 4.78 is 2.03. The van der Waals surface area contributed by atoms with Crippen molar-refractivity contribution in [3.63, 3.8) is 0 Å². The molecule has 2 aromatic rings. The van der Waals surface area contributed by atoms with Crippen LogP contribution in [-0.2, 0) is 11.8 Å². The number of carbonyl (C=O) groups excluding carboxylic acids is 1. The number of piperazine rings is 1. The van der Waals surface area contributed by atoms with Crippen molar-refractivity contribution in [3.8, 4) is 0 Å². The second-order valence-electron chi connectivity index (χ2n) is 7.61. The molecule has 1 amide bonds. The maximum Gasteiger partial charge on any atom is 0.226 e. The lowest BCUT2D eigenvalue weighted by atomic mass is 9.78. The zero-order chi connectivity index (χ0) is 17.9. The second kappa shape index (κ2) is 7.62. The average Bonchev–Trinajstić information content (AvgIpc) is 3.14. The van der Waals surface area contributed by atoms with Gasteiger partial charge in [0.1, 0.15) is 11.9 Å². The topological polar surface area (TPSA) is 50.2 Å². The molecular formula is C21H28N4O. The van der Waals surface area contributed by atoms with Gasteiger partial charge in [0.05, 0.1) is 0 Å². The van der Waals surface area contributed by atoms with Crippen LogP contribution in [0.3, 0.4) is 0 Å². The third-order valence-corrected chi connectivity index (χ3v) is 6.03. The SMILES string of the molecule is Cn1ccnc1C1CNCCN1C(=O)C1CCC(c2ccccc2)CC1. The maximum atomic E-state index is 13.3. The van der Waals surface area contributed by atoms with Crippen LogP contribution in [0.2, 0.25) is 0 Å². The molecule has 138 valence electrons. The molecule has 2 aliphatic rings. The van der Waals surface area contributed by atoms with E-state index in [0.717, 1.165) is 51.1 Å². The van der Waals surface area contributed by atoms with Gasteiger partial charge in [-0.25, -0.2) is 4.98 Å². The number of aromatic nitrogens is 2. The van der Waals surface area contributed by atoms with Gasteiger partial charge in [0.15, 0.2) is 0 Å². The highest BCUT2D eigenvalue weighted by Gasteiger charge is 2.36. The van der Waals surface area contributed by atoms with Crippen molar-refractivity contribution in [3.05, 3.63) is 54.1 Å². The van der Waals surface area contributed by atoms with E-state index in [9.17, 15) is 4.79 Å². The Kier molecular flexibility index (Phi) is 5.07. The Morgan fingerprint density at radius 1 is 1.15 bits per heavy atom. The quantitative estimate of drug-likeness (QED) is 0.924. The first-order valence-corrected chi connectivity index (χ1v) is 9.77. The zero-order valence-corrected chi connectivity index (χ0v) is 15.5. The molecule has 0 spiro atoms. The molecule has 5 nitrogen and oxygen atoms in total. The lowest BCUT2D eigenvalue weighted by Gasteiger charge is -2.39. The second-order valence-corrected chi connectivity index (χ2v) is 7.61. The summed E-state index contributed by atoms with van der Waals surface area (Å²) in [6.45, 7) is 2.43. The van der Waals surface area contributed by atoms with Gasteiger partial charge in [-0.2, -0.15) is 0 Å². The minimum absolute atomic E-state index is 0.0445. The molecule has 5 heteroatoms. The Hall–Kier alpha value is -2.14. The van der Waals surface area contributed by atoms with Gasteiger partial charge in [-0.05, 0) is 37.2 Å². The van der Waals surface area contributed by atoms with Gasteiger partial charge in [0, 0.05) is 45.0 Å². The molecule has 1 aromatic carbocycles. The smallest absolute Gasteiger partial charge is 0.226 e. The predicted octanol–water partition coefficient (Wildman–Crippen LogP) is 2.87. The number of benzene rings is 1. The summed E-state index contributed by atoms with van der Waals surface area (Å²) >= 11 is 0. The normalized spacial score (nSPS) is 26.7. The summed E-state index contributed by atoms with van der Waals surface area (Å²) in [7, 11) is 2.00. The van der Waals surface area contributed by atoms with E-state index in [1.807, 2.05) is 24.0 Å². The highest BCUT2D eigenvalue weighted by Crippen LogP contribution is 2.37. The van der Waals surface area contributed by atoms with Gasteiger partial charge in [-0.1, -0.05) is 30.3 Å². The zero-order valence-electron chi connectivity index (χ0n) is 15.5. The largest absolute Gasteiger partial charge is 0.336 e. The number of carbonyl (C=O) groups is 1. The van der Waals surface area contributed by atoms with E-state index in [-0.39, 0.29) is 12.0 Å². The Bertz CT molecular complexity index is 733. The van der Waals surface area contributed by atoms with Crippen molar-refractivity contribution in [2.24, 2.45) is 13.0 Å². The van der Waals surface area contributed by atoms with E-state index < -0.39 is 0 Å². The predicted molar refractivity (Wildman–Crippen MR) is 102 cm³/mol. The molecule has 1 N–H and O–H groups in total. The average molecular weight is 352 g/mol. The van der Waals surface area contributed by atoms with Crippen molar-refractivity contribution in [2.75, 3.05) is 19.6 Å². The fourth-order valence-corrected chi connectivity index (χ4v) is 4.53. The van der Waals surface area contributed by atoms with Crippen LogP contribution < -0.4 is 5.32 Å². The number of nitrogens with one attached hydrogen (secondary N) is 1. The molecule has 2 heterocycles. The van der Waals surface area contributed by atoms with Gasteiger partial charge in [-0.15, -0.1) is 0 Å². The van der Waals surface area contributed by atoms with E-state index >= 15 is 0 Å². The first-order valence-electron chi connectivity index (χ1n) is 9.77. The van der Waals surface area contributed by atoms with Crippen LogP contribution in [0, 0.1) is 5.92 Å². The molecule has 0 bridgehead atoms. The molecule has 1 saturated heterocycles. The van der Waals surface area contributed by atoms with E-state index in [0.29, 0.717) is 11.8 Å². The molecule has 2 fully saturated rings. The van der Waals surface area contributed by atoms with Gasteiger partial charge in [-0.3, -0.25) is 4.79 Å². The maximum absolute atomic E-state index is 13.3. The van der Waals surface area contributed by atoms with Crippen LogP contribution in [0.1, 0.15) is 49.0 Å². The summed E-state index contributed by atoms with van der Waals surface area (Å²) in [6.07, 6.45) is 7.99. The minimum Gasteiger partial charge on any atom is -0.336 e. The van der Waals surface area contributed by atoms with Crippen LogP contribution in [-0.4, -0.2) is 40.0 Å². The van der Waals surface area contributed by atoms with Gasteiger partial charge < -0.3 is 14.8 Å². The van der Waals surface area contributed by atoms with Crippen molar-refractivity contribution >= 4 is 5.91 Å². The minimum atomic E-state index is 0.0445. The van der Waals surface area contributed by atoms with Crippen LogP contribution in [0.5, 0.6) is 0 Å². The summed E-state index contributed by atoms with van der Waals surface area (Å²) in [5, 5.41) is 3.42. The van der Waals surface area contributed by atoms with Gasteiger partial charge in [0.2, 0.25) is 5.91 Å². The lowest BCUT2D eigenvalue weighted by Crippen LogP contribution is -2.51. The van der Waals surface area contributed by atoms with Crippen LogP contribution >= 0.6 is 0 Å². The monoisotopic (exact) mass is 352 g/mol. The van der Waals surface area contributed by atoms with E-state index in [1.165, 1.54) is 5.56 Å². The summed E-state index contributed by atoms with van der Waals surface area (Å²) in [4.78, 5) is 19.8. The highest BCUT2D eigenvalue weighted by atomic mass is 16.2. The Balaban J connectivity index is 1.43. The molecule has 1 aliphatic heterocycles. The molecule has 0 radical (unpaired) electrons. The number of nitrogens with zero attached hydrogens (tertiary/aromatic N) is 3. The number of hydrogen-bond donors (Lipinski definition) is 1. The summed E-state index contributed by atoms with van der Waals surface area (Å²) in [5.41, 5.74) is 1.42. The van der Waals surface area contributed by atoms with Gasteiger partial charge >= 0.3 is 0 Å². The van der Waals surface area contributed by atoms with E-state index in [2.05, 4.69) is 45.5 Å². The third-order valence-electron chi connectivity index (χ3n) is 6.03. The molecule has 4 rings (SSSR count). The number of hydrogen-bond acceptors (Lipinski definition) is 3. The third kappa shape index (κ3) is 3.40. The lowest BCUT2D eigenvalue weighted by molar-refractivity contribution is -0.140. The van der Waals surface area contributed by atoms with Crippen molar-refractivity contribution in [1.29, 1.82) is 0 Å². The first-order chi connectivity index (χ1) is 12.7. The number of imidazole rings is 1. The fourth-order valence-electron chi connectivity index (χ4n) is 4.53. The van der Waals surface area contributed by atoms with E-state index in [1.54, 1.807) is 0 Å².